The molecule has 0 aliphatic carbocycles. The lowest BCUT2D eigenvalue weighted by atomic mass is 10.1. The van der Waals surface area contributed by atoms with Crippen molar-refractivity contribution in [2.75, 3.05) is 11.9 Å². The summed E-state index contributed by atoms with van der Waals surface area (Å²) in [4.78, 5) is 11.9. The molecule has 0 aliphatic heterocycles. The van der Waals surface area contributed by atoms with E-state index in [2.05, 4.69) is 5.32 Å². The van der Waals surface area contributed by atoms with Crippen molar-refractivity contribution in [3.05, 3.63) is 70.7 Å². The summed E-state index contributed by atoms with van der Waals surface area (Å²) in [6.45, 7) is -0.0847. The highest BCUT2D eigenvalue weighted by molar-refractivity contribution is 6.42. The van der Waals surface area contributed by atoms with Crippen LogP contribution in [0.1, 0.15) is 0 Å². The Kier molecular flexibility index (Phi) is 4.70. The first-order chi connectivity index (χ1) is 11.1. The topological polar surface area (TPSA) is 38.3 Å². The summed E-state index contributed by atoms with van der Waals surface area (Å²) in [5.74, 6) is 0.379. The molecule has 0 spiro atoms. The van der Waals surface area contributed by atoms with E-state index < -0.39 is 0 Å². The number of carbonyl (C=O) groups excluding carboxylic acids is 1. The van der Waals surface area contributed by atoms with Crippen LogP contribution in [0.15, 0.2) is 60.7 Å². The van der Waals surface area contributed by atoms with Crippen LogP contribution in [0.2, 0.25) is 10.0 Å². The molecule has 3 nitrogen and oxygen atoms in total. The summed E-state index contributed by atoms with van der Waals surface area (Å²) in [5.41, 5.74) is 0.575. The maximum Gasteiger partial charge on any atom is 0.262 e. The Bertz CT molecular complexity index is 865. The van der Waals surface area contributed by atoms with Gasteiger partial charge in [-0.05, 0) is 41.1 Å². The van der Waals surface area contributed by atoms with Gasteiger partial charge in [0, 0.05) is 5.69 Å². The maximum absolute atomic E-state index is 11.9. The fourth-order valence-corrected chi connectivity index (χ4v) is 2.48. The predicted molar refractivity (Wildman–Crippen MR) is 94.5 cm³/mol. The second kappa shape index (κ2) is 6.90. The first-order valence-electron chi connectivity index (χ1n) is 6.98. The van der Waals surface area contributed by atoms with Crippen molar-refractivity contribution >= 4 is 45.6 Å². The minimum Gasteiger partial charge on any atom is -0.484 e. The third-order valence-corrected chi connectivity index (χ3v) is 4.03. The lowest BCUT2D eigenvalue weighted by Gasteiger charge is -2.09. The molecule has 3 aromatic rings. The molecule has 0 aromatic heterocycles. The number of anilines is 1. The molecule has 0 fully saturated rings. The smallest absolute Gasteiger partial charge is 0.262 e. The average molecular weight is 346 g/mol. The highest BCUT2D eigenvalue weighted by Crippen LogP contribution is 2.25. The van der Waals surface area contributed by atoms with Gasteiger partial charge in [0.25, 0.3) is 5.91 Å². The molecule has 0 saturated heterocycles. The summed E-state index contributed by atoms with van der Waals surface area (Å²) >= 11 is 11.7. The highest BCUT2D eigenvalue weighted by atomic mass is 35.5. The largest absolute Gasteiger partial charge is 0.484 e. The Morgan fingerprint density at radius 1 is 0.913 bits per heavy atom. The van der Waals surface area contributed by atoms with E-state index in [9.17, 15) is 4.79 Å². The Balaban J connectivity index is 1.62. The molecule has 1 N–H and O–H groups in total. The molecule has 0 heterocycles. The second-order valence-corrected chi connectivity index (χ2v) is 5.79. The maximum atomic E-state index is 11.9. The highest BCUT2D eigenvalue weighted by Gasteiger charge is 2.06. The molecule has 3 rings (SSSR count). The molecule has 0 radical (unpaired) electrons. The Hall–Kier alpha value is -2.23. The van der Waals surface area contributed by atoms with Crippen molar-refractivity contribution in [1.29, 1.82) is 0 Å². The minimum absolute atomic E-state index is 0.0847. The van der Waals surface area contributed by atoms with E-state index in [0.29, 0.717) is 21.5 Å². The van der Waals surface area contributed by atoms with Gasteiger partial charge < -0.3 is 10.1 Å². The van der Waals surface area contributed by atoms with Gasteiger partial charge in [0.15, 0.2) is 6.61 Å². The molecule has 0 atom stereocenters. The van der Waals surface area contributed by atoms with Crippen molar-refractivity contribution in [1.82, 2.24) is 0 Å². The number of rotatable bonds is 4. The molecular weight excluding hydrogens is 333 g/mol. The zero-order chi connectivity index (χ0) is 16.2. The lowest BCUT2D eigenvalue weighted by Crippen LogP contribution is -2.20. The number of amides is 1. The molecule has 1 amide bonds. The van der Waals surface area contributed by atoms with E-state index in [1.165, 1.54) is 0 Å². The number of hydrogen-bond acceptors (Lipinski definition) is 2. The zero-order valence-corrected chi connectivity index (χ0v) is 13.6. The second-order valence-electron chi connectivity index (χ2n) is 4.97. The normalized spacial score (nSPS) is 10.5. The van der Waals surface area contributed by atoms with Crippen molar-refractivity contribution in [2.24, 2.45) is 0 Å². The fourth-order valence-electron chi connectivity index (χ4n) is 2.18. The monoisotopic (exact) mass is 345 g/mol. The molecular formula is C18H13Cl2NO2. The number of hydrogen-bond donors (Lipinski definition) is 1. The molecule has 23 heavy (non-hydrogen) atoms. The van der Waals surface area contributed by atoms with E-state index in [1.54, 1.807) is 18.2 Å². The molecule has 0 bridgehead atoms. The van der Waals surface area contributed by atoms with E-state index in [1.807, 2.05) is 42.5 Å². The van der Waals surface area contributed by atoms with Crippen LogP contribution in [-0.2, 0) is 4.79 Å². The zero-order valence-electron chi connectivity index (χ0n) is 12.1. The van der Waals surface area contributed by atoms with Crippen LogP contribution in [0.5, 0.6) is 5.75 Å². The van der Waals surface area contributed by atoms with Gasteiger partial charge in [0.2, 0.25) is 0 Å². The van der Waals surface area contributed by atoms with Crippen molar-refractivity contribution in [3.63, 3.8) is 0 Å². The van der Waals surface area contributed by atoms with Crippen molar-refractivity contribution in [3.8, 4) is 5.75 Å². The Labute approximate surface area is 143 Å². The van der Waals surface area contributed by atoms with E-state index in [4.69, 9.17) is 27.9 Å². The predicted octanol–water partition coefficient (Wildman–Crippen LogP) is 5.16. The molecule has 0 unspecified atom stereocenters. The third kappa shape index (κ3) is 3.95. The molecule has 0 aliphatic rings. The summed E-state index contributed by atoms with van der Waals surface area (Å²) < 4.78 is 5.53. The molecule has 3 aromatic carbocycles. The van der Waals surface area contributed by atoms with Crippen LogP contribution >= 0.6 is 23.2 Å². The van der Waals surface area contributed by atoms with Crippen LogP contribution in [0.3, 0.4) is 0 Å². The Morgan fingerprint density at radius 2 is 1.70 bits per heavy atom. The first-order valence-corrected chi connectivity index (χ1v) is 7.74. The van der Waals surface area contributed by atoms with E-state index >= 15 is 0 Å². The molecule has 5 heteroatoms. The lowest BCUT2D eigenvalue weighted by molar-refractivity contribution is -0.118. The number of ether oxygens (including phenoxy) is 1. The van der Waals surface area contributed by atoms with Crippen molar-refractivity contribution in [2.45, 2.75) is 0 Å². The van der Waals surface area contributed by atoms with Crippen molar-refractivity contribution < 1.29 is 9.53 Å². The number of fused-ring (bicyclic) bond motifs is 1. The minimum atomic E-state index is -0.267. The first kappa shape index (κ1) is 15.7. The quantitative estimate of drug-likeness (QED) is 0.708. The van der Waals surface area contributed by atoms with Crippen LogP contribution < -0.4 is 10.1 Å². The van der Waals surface area contributed by atoms with Gasteiger partial charge in [0.05, 0.1) is 10.0 Å². The van der Waals surface area contributed by atoms with E-state index in [-0.39, 0.29) is 12.5 Å². The van der Waals surface area contributed by atoms with Crippen LogP contribution in [0, 0.1) is 0 Å². The van der Waals surface area contributed by atoms with Crippen LogP contribution in [0.4, 0.5) is 5.69 Å². The molecule has 116 valence electrons. The molecule has 0 saturated carbocycles. The summed E-state index contributed by atoms with van der Waals surface area (Å²) in [6.07, 6.45) is 0. The van der Waals surface area contributed by atoms with Gasteiger partial charge in [0.1, 0.15) is 5.75 Å². The summed E-state index contributed by atoms with van der Waals surface area (Å²) in [6, 6.07) is 18.6. The SMILES string of the molecule is O=C(COc1ccc2ccccc2c1)Nc1ccc(Cl)c(Cl)c1. The van der Waals surface area contributed by atoms with Gasteiger partial charge in [-0.1, -0.05) is 53.5 Å². The summed E-state index contributed by atoms with van der Waals surface area (Å²) in [5, 5.41) is 5.73. The number of carbonyl (C=O) groups is 1. The van der Waals surface area contributed by atoms with Gasteiger partial charge in [-0.25, -0.2) is 0 Å². The fraction of sp³-hybridized carbons (Fsp3) is 0.0556. The van der Waals surface area contributed by atoms with Crippen LogP contribution in [0.25, 0.3) is 10.8 Å². The number of benzene rings is 3. The number of halogens is 2. The van der Waals surface area contributed by atoms with Gasteiger partial charge in [-0.2, -0.15) is 0 Å². The summed E-state index contributed by atoms with van der Waals surface area (Å²) in [7, 11) is 0. The standard InChI is InChI=1S/C18H13Cl2NO2/c19-16-8-6-14(10-17(16)20)21-18(22)11-23-15-7-5-12-3-1-2-4-13(12)9-15/h1-10H,11H2,(H,21,22). The van der Waals surface area contributed by atoms with Gasteiger partial charge in [-0.3, -0.25) is 4.79 Å². The Morgan fingerprint density at radius 3 is 2.48 bits per heavy atom. The van der Waals surface area contributed by atoms with E-state index in [0.717, 1.165) is 10.8 Å². The average Bonchev–Trinajstić information content (AvgIpc) is 2.56. The third-order valence-electron chi connectivity index (χ3n) is 3.29. The van der Waals surface area contributed by atoms with Gasteiger partial charge >= 0.3 is 0 Å². The van der Waals surface area contributed by atoms with Gasteiger partial charge in [-0.15, -0.1) is 0 Å². The van der Waals surface area contributed by atoms with Crippen LogP contribution in [-0.4, -0.2) is 12.5 Å². The number of nitrogens with one attached hydrogen (secondary N) is 1.